The normalized spacial score (nSPS) is 28.8. The van der Waals surface area contributed by atoms with Crippen LogP contribution in [0.4, 0.5) is 5.69 Å². The quantitative estimate of drug-likeness (QED) is 0.859. The van der Waals surface area contributed by atoms with Crippen LogP contribution >= 0.6 is 0 Å². The number of anilines is 1. The first-order valence-electron chi connectivity index (χ1n) is 8.36. The maximum Gasteiger partial charge on any atom is 0.217 e. The molecule has 1 aromatic rings. The zero-order chi connectivity index (χ0) is 15.5. The second-order valence-corrected chi connectivity index (χ2v) is 9.34. The third-order valence-electron chi connectivity index (χ3n) is 5.37. The number of hydrogen-bond acceptors (Lipinski definition) is 3. The topological polar surface area (TPSA) is 40.6 Å². The zero-order valence-corrected chi connectivity index (χ0v) is 14.1. The Morgan fingerprint density at radius 3 is 2.55 bits per heavy atom. The smallest absolute Gasteiger partial charge is 0.217 e. The maximum atomic E-state index is 12.6. The van der Waals surface area contributed by atoms with Gasteiger partial charge in [0.1, 0.15) is 0 Å². The molecule has 1 aromatic carbocycles. The van der Waals surface area contributed by atoms with Crippen molar-refractivity contribution in [3.05, 3.63) is 29.8 Å². The van der Waals surface area contributed by atoms with Crippen LogP contribution in [-0.4, -0.2) is 43.1 Å². The van der Waals surface area contributed by atoms with Crippen molar-refractivity contribution in [3.63, 3.8) is 0 Å². The van der Waals surface area contributed by atoms with Crippen LogP contribution in [0.5, 0.6) is 0 Å². The molecule has 0 N–H and O–H groups in total. The van der Waals surface area contributed by atoms with Crippen LogP contribution < -0.4 is 4.90 Å². The summed E-state index contributed by atoms with van der Waals surface area (Å²) in [5.41, 5.74) is 2.63. The fraction of sp³-hybridized carbons (Fsp3) is 0.647. The highest BCUT2D eigenvalue weighted by Gasteiger charge is 2.48. The van der Waals surface area contributed by atoms with Crippen molar-refractivity contribution in [3.8, 4) is 0 Å². The molecule has 0 unspecified atom stereocenters. The van der Waals surface area contributed by atoms with E-state index in [9.17, 15) is 8.42 Å². The predicted octanol–water partition coefficient (Wildman–Crippen LogP) is 2.57. The van der Waals surface area contributed by atoms with Crippen molar-refractivity contribution in [2.24, 2.45) is 0 Å². The molecule has 0 radical (unpaired) electrons. The van der Waals surface area contributed by atoms with E-state index >= 15 is 0 Å². The summed E-state index contributed by atoms with van der Waals surface area (Å²) in [6, 6.07) is 9.43. The average molecular weight is 320 g/mol. The van der Waals surface area contributed by atoms with Crippen molar-refractivity contribution >= 4 is 15.7 Å². The molecule has 2 atom stereocenters. The van der Waals surface area contributed by atoms with Crippen molar-refractivity contribution < 1.29 is 8.42 Å². The van der Waals surface area contributed by atoms with E-state index in [0.717, 1.165) is 19.3 Å². The summed E-state index contributed by atoms with van der Waals surface area (Å²) in [6.07, 6.45) is 2.63. The number of nitrogens with zero attached hydrogens (tertiary/aromatic N) is 2. The molecule has 120 valence electrons. The lowest BCUT2D eigenvalue weighted by molar-refractivity contribution is 0.284. The van der Waals surface area contributed by atoms with Gasteiger partial charge in [0, 0.05) is 36.8 Å². The first-order chi connectivity index (χ1) is 10.5. The van der Waals surface area contributed by atoms with E-state index in [4.69, 9.17) is 0 Å². The second kappa shape index (κ2) is 4.96. The molecular formula is C17H24N2O2S. The van der Waals surface area contributed by atoms with Gasteiger partial charge in [0.2, 0.25) is 10.0 Å². The molecule has 2 fully saturated rings. The van der Waals surface area contributed by atoms with Crippen molar-refractivity contribution in [1.82, 2.24) is 4.31 Å². The Hall–Kier alpha value is -1.07. The third kappa shape index (κ3) is 2.09. The molecule has 1 saturated heterocycles. The number of rotatable bonds is 3. The van der Waals surface area contributed by atoms with E-state index in [-0.39, 0.29) is 5.25 Å². The lowest BCUT2D eigenvalue weighted by Crippen LogP contribution is -2.50. The van der Waals surface area contributed by atoms with Crippen molar-refractivity contribution in [2.45, 2.75) is 56.4 Å². The summed E-state index contributed by atoms with van der Waals surface area (Å²) in [7, 11) is -3.05. The van der Waals surface area contributed by atoms with Crippen LogP contribution in [-0.2, 0) is 10.0 Å². The minimum atomic E-state index is -3.05. The highest BCUT2D eigenvalue weighted by atomic mass is 32.2. The maximum absolute atomic E-state index is 12.6. The lowest BCUT2D eigenvalue weighted by Gasteiger charge is -2.40. The first-order valence-corrected chi connectivity index (χ1v) is 9.86. The predicted molar refractivity (Wildman–Crippen MR) is 88.7 cm³/mol. The Morgan fingerprint density at radius 1 is 1.14 bits per heavy atom. The Balaban J connectivity index is 1.67. The van der Waals surface area contributed by atoms with Gasteiger partial charge in [-0.2, -0.15) is 0 Å². The molecule has 0 amide bonds. The van der Waals surface area contributed by atoms with Gasteiger partial charge >= 0.3 is 0 Å². The van der Waals surface area contributed by atoms with Gasteiger partial charge in [-0.05, 0) is 44.7 Å². The standard InChI is InChI=1S/C17H24N2O2S/c1-12(2)19-16-6-4-3-5-14(16)15-11-18(10-9-17(15)19)22(20,21)13-7-8-13/h3-6,12-13,15,17H,7-11H2,1-2H3/t15-,17-/m0/s1. The lowest BCUT2D eigenvalue weighted by atomic mass is 9.90. The Kier molecular flexibility index (Phi) is 3.28. The van der Waals surface area contributed by atoms with Gasteiger partial charge in [0.15, 0.2) is 0 Å². The molecular weight excluding hydrogens is 296 g/mol. The monoisotopic (exact) mass is 320 g/mol. The van der Waals surface area contributed by atoms with Gasteiger partial charge < -0.3 is 4.90 Å². The highest BCUT2D eigenvalue weighted by Crippen LogP contribution is 2.46. The SMILES string of the molecule is CC(C)N1c2ccccc2[C@@H]2CN(S(=O)(=O)C3CC3)CC[C@@H]21. The van der Waals surface area contributed by atoms with E-state index < -0.39 is 10.0 Å². The Bertz CT molecular complexity index is 682. The molecule has 4 rings (SSSR count). The van der Waals surface area contributed by atoms with Gasteiger partial charge in [-0.3, -0.25) is 0 Å². The molecule has 2 aliphatic heterocycles. The van der Waals surface area contributed by atoms with Crippen molar-refractivity contribution in [2.75, 3.05) is 18.0 Å². The zero-order valence-electron chi connectivity index (χ0n) is 13.3. The summed E-state index contributed by atoms with van der Waals surface area (Å²) in [4.78, 5) is 2.50. The van der Waals surface area contributed by atoms with Crippen LogP contribution in [0.3, 0.4) is 0 Å². The fourth-order valence-electron chi connectivity index (χ4n) is 4.23. The molecule has 4 nitrogen and oxygen atoms in total. The van der Waals surface area contributed by atoms with Crippen LogP contribution in [0, 0.1) is 0 Å². The summed E-state index contributed by atoms with van der Waals surface area (Å²) in [6.45, 7) is 5.79. The summed E-state index contributed by atoms with van der Waals surface area (Å²) in [5, 5.41) is -0.0955. The van der Waals surface area contributed by atoms with E-state index in [1.807, 2.05) is 0 Å². The van der Waals surface area contributed by atoms with Crippen LogP contribution in [0.2, 0.25) is 0 Å². The largest absolute Gasteiger partial charge is 0.365 e. The first kappa shape index (κ1) is 14.5. The molecule has 2 heterocycles. The van der Waals surface area contributed by atoms with Crippen molar-refractivity contribution in [1.29, 1.82) is 0 Å². The summed E-state index contributed by atoms with van der Waals surface area (Å²) < 4.78 is 26.9. The molecule has 0 spiro atoms. The Labute approximate surface area is 133 Å². The molecule has 22 heavy (non-hydrogen) atoms. The third-order valence-corrected chi connectivity index (χ3v) is 7.74. The van der Waals surface area contributed by atoms with E-state index in [2.05, 4.69) is 43.0 Å². The number of benzene rings is 1. The van der Waals surface area contributed by atoms with Gasteiger partial charge in [0.05, 0.1) is 5.25 Å². The number of piperidine rings is 1. The number of sulfonamides is 1. The van der Waals surface area contributed by atoms with E-state index in [1.54, 1.807) is 4.31 Å². The van der Waals surface area contributed by atoms with Gasteiger partial charge in [-0.25, -0.2) is 12.7 Å². The van der Waals surface area contributed by atoms with Gasteiger partial charge in [0.25, 0.3) is 0 Å². The van der Waals surface area contributed by atoms with Gasteiger partial charge in [-0.15, -0.1) is 0 Å². The fourth-order valence-corrected chi connectivity index (χ4v) is 6.11. The van der Waals surface area contributed by atoms with E-state index in [0.29, 0.717) is 31.1 Å². The number of fused-ring (bicyclic) bond motifs is 3. The molecule has 1 aliphatic carbocycles. The summed E-state index contributed by atoms with van der Waals surface area (Å²) >= 11 is 0. The second-order valence-electron chi connectivity index (χ2n) is 7.12. The highest BCUT2D eigenvalue weighted by molar-refractivity contribution is 7.90. The Morgan fingerprint density at radius 2 is 1.86 bits per heavy atom. The van der Waals surface area contributed by atoms with Crippen LogP contribution in [0.15, 0.2) is 24.3 Å². The minimum absolute atomic E-state index is 0.0955. The molecule has 0 bridgehead atoms. The average Bonchev–Trinajstić information content (AvgIpc) is 3.29. The molecule has 0 aromatic heterocycles. The van der Waals surface area contributed by atoms with Crippen LogP contribution in [0.25, 0.3) is 0 Å². The van der Waals surface area contributed by atoms with Crippen LogP contribution in [0.1, 0.15) is 44.6 Å². The minimum Gasteiger partial charge on any atom is -0.365 e. The van der Waals surface area contributed by atoms with Gasteiger partial charge in [-0.1, -0.05) is 18.2 Å². The number of para-hydroxylation sites is 1. The van der Waals surface area contributed by atoms with E-state index in [1.165, 1.54) is 11.3 Å². The number of hydrogen-bond donors (Lipinski definition) is 0. The molecule has 5 heteroatoms. The molecule has 1 saturated carbocycles. The molecule has 3 aliphatic rings. The summed E-state index contributed by atoms with van der Waals surface area (Å²) in [5.74, 6) is 0.320.